The summed E-state index contributed by atoms with van der Waals surface area (Å²) < 4.78 is 32.8. The van der Waals surface area contributed by atoms with Crippen LogP contribution in [0.15, 0.2) is 36.4 Å². The number of hydrogen-bond acceptors (Lipinski definition) is 11. The molecule has 3 amide bonds. The first kappa shape index (κ1) is 39.4. The molecule has 4 aliphatic carbocycles. The number of carbonyl (C=O) groups excluding carboxylic acids is 3. The van der Waals surface area contributed by atoms with Gasteiger partial charge in [0.15, 0.2) is 29.3 Å². The molecule has 1 heterocycles. The van der Waals surface area contributed by atoms with E-state index in [1.165, 1.54) is 26.4 Å². The molecule has 0 aromatic heterocycles. The van der Waals surface area contributed by atoms with Crippen LogP contribution in [0.1, 0.15) is 63.5 Å². The first-order valence-corrected chi connectivity index (χ1v) is 18.9. The van der Waals surface area contributed by atoms with Gasteiger partial charge in [-0.2, -0.15) is 0 Å². The number of rotatable bonds is 15. The molecule has 14 nitrogen and oxygen atoms in total. The normalized spacial score (nSPS) is 29.9. The van der Waals surface area contributed by atoms with E-state index >= 15 is 0 Å². The zero-order chi connectivity index (χ0) is 38.7. The average Bonchev–Trinajstić information content (AvgIpc) is 3.44. The van der Waals surface area contributed by atoms with E-state index in [1.54, 1.807) is 26.4 Å². The predicted octanol–water partition coefficient (Wildman–Crippen LogP) is 4.09. The number of amides is 3. The summed E-state index contributed by atoms with van der Waals surface area (Å²) in [5.41, 5.74) is 8.15. The van der Waals surface area contributed by atoms with Crippen LogP contribution in [0.25, 0.3) is 0 Å². The Hall–Kier alpha value is -4.27. The molecule has 1 saturated heterocycles. The first-order chi connectivity index (χ1) is 25.7. The lowest BCUT2D eigenvalue weighted by Crippen LogP contribution is -2.65. The van der Waals surface area contributed by atoms with E-state index in [1.807, 2.05) is 24.3 Å². The van der Waals surface area contributed by atoms with Gasteiger partial charge in [-0.3, -0.25) is 4.79 Å². The van der Waals surface area contributed by atoms with Crippen molar-refractivity contribution in [1.29, 1.82) is 0 Å². The third-order valence-corrected chi connectivity index (χ3v) is 11.7. The van der Waals surface area contributed by atoms with Crippen molar-refractivity contribution in [3.63, 3.8) is 0 Å². The summed E-state index contributed by atoms with van der Waals surface area (Å²) in [5, 5.41) is 19.1. The van der Waals surface area contributed by atoms with Gasteiger partial charge >= 0.3 is 12.2 Å². The second kappa shape index (κ2) is 16.2. The van der Waals surface area contributed by atoms with Gasteiger partial charge in [-0.1, -0.05) is 26.0 Å². The number of carbonyl (C=O) groups is 3. The Balaban J connectivity index is 0.913. The van der Waals surface area contributed by atoms with Crippen molar-refractivity contribution in [2.24, 2.45) is 34.3 Å². The molecule has 4 bridgehead atoms. The summed E-state index contributed by atoms with van der Waals surface area (Å²) in [4.78, 5) is 38.0. The smallest absolute Gasteiger partial charge is 0.412 e. The highest BCUT2D eigenvalue weighted by atomic mass is 16.6. The number of aliphatic hydroxyl groups is 1. The van der Waals surface area contributed by atoms with E-state index in [-0.39, 0.29) is 53.7 Å². The fourth-order valence-electron chi connectivity index (χ4n) is 10.4. The summed E-state index contributed by atoms with van der Waals surface area (Å²) in [6.45, 7) is 4.97. The molecule has 3 unspecified atom stereocenters. The van der Waals surface area contributed by atoms with Gasteiger partial charge in [0.1, 0.15) is 12.6 Å². The Morgan fingerprint density at radius 3 is 2.09 bits per heavy atom. The molecule has 4 saturated carbocycles. The van der Waals surface area contributed by atoms with Crippen LogP contribution in [0, 0.1) is 28.6 Å². The van der Waals surface area contributed by atoms with Gasteiger partial charge in [-0.25, -0.2) is 9.59 Å². The molecule has 296 valence electrons. The molecule has 2 aromatic carbocycles. The van der Waals surface area contributed by atoms with Crippen LogP contribution in [0.2, 0.25) is 0 Å². The fraction of sp³-hybridized carbons (Fsp3) is 0.625. The maximum atomic E-state index is 12.8. The first-order valence-electron chi connectivity index (χ1n) is 18.9. The number of methoxy groups -OCH3 is 3. The summed E-state index contributed by atoms with van der Waals surface area (Å²) >= 11 is 0. The van der Waals surface area contributed by atoms with Gasteiger partial charge in [0.2, 0.25) is 5.91 Å². The molecule has 0 spiro atoms. The van der Waals surface area contributed by atoms with Crippen molar-refractivity contribution in [3.05, 3.63) is 47.5 Å². The van der Waals surface area contributed by atoms with Crippen molar-refractivity contribution in [1.82, 2.24) is 16.0 Å². The quantitative estimate of drug-likeness (QED) is 0.165. The topological polar surface area (TPSA) is 189 Å². The minimum absolute atomic E-state index is 0.0524. The van der Waals surface area contributed by atoms with E-state index in [4.69, 9.17) is 34.2 Å². The van der Waals surface area contributed by atoms with Crippen LogP contribution < -0.4 is 40.6 Å². The lowest BCUT2D eigenvalue weighted by atomic mass is 9.43. The Morgan fingerprint density at radius 1 is 0.833 bits per heavy atom. The number of nitrogens with one attached hydrogen (secondary N) is 3. The zero-order valence-corrected chi connectivity index (χ0v) is 32.0. The molecule has 6 N–H and O–H groups in total. The van der Waals surface area contributed by atoms with Crippen molar-refractivity contribution < 1.29 is 47.9 Å². The number of alkyl carbamates (subject to hydrolysis) is 1. The lowest BCUT2D eigenvalue weighted by molar-refractivity contribution is -0.123. The molecule has 1 aliphatic heterocycles. The Labute approximate surface area is 317 Å². The number of hydrogen-bond donors (Lipinski definition) is 5. The molecular formula is C40H56N4O10. The van der Waals surface area contributed by atoms with Crippen LogP contribution in [0.4, 0.5) is 9.59 Å². The minimum atomic E-state index is -1.06. The second-order valence-corrected chi connectivity index (χ2v) is 16.6. The van der Waals surface area contributed by atoms with Crippen LogP contribution >= 0.6 is 0 Å². The van der Waals surface area contributed by atoms with Crippen molar-refractivity contribution in [2.75, 3.05) is 47.6 Å². The van der Waals surface area contributed by atoms with Gasteiger partial charge in [0, 0.05) is 24.5 Å². The Morgan fingerprint density at radius 2 is 1.44 bits per heavy atom. The maximum Gasteiger partial charge on any atom is 0.412 e. The molecule has 54 heavy (non-hydrogen) atoms. The summed E-state index contributed by atoms with van der Waals surface area (Å²) in [6, 6.07) is 9.95. The van der Waals surface area contributed by atoms with Crippen LogP contribution in [0.3, 0.4) is 0 Å². The SMILES string of the molecule is COc1ccc(C[C@H]2COC(O)[C@@H]2Cc2ccc(OC(=O)NCCNC(=O)[C@@H](N)COC(=O)NC34CC5CC(C)(CC(C)(C5)C3)C4)c(OC)c2)cc1OC. The third kappa shape index (κ3) is 9.15. The van der Waals surface area contributed by atoms with Gasteiger partial charge in [0.25, 0.3) is 0 Å². The highest BCUT2D eigenvalue weighted by Crippen LogP contribution is 2.66. The highest BCUT2D eigenvalue weighted by Gasteiger charge is 2.60. The molecule has 7 rings (SSSR count). The second-order valence-electron chi connectivity index (χ2n) is 16.6. The molecule has 5 aliphatic rings. The van der Waals surface area contributed by atoms with Gasteiger partial charge in [-0.05, 0) is 109 Å². The molecule has 0 radical (unpaired) electrons. The molecule has 2 aromatic rings. The van der Waals surface area contributed by atoms with Crippen LogP contribution in [-0.4, -0.2) is 88.7 Å². The van der Waals surface area contributed by atoms with E-state index < -0.39 is 30.4 Å². The number of ether oxygens (including phenoxy) is 6. The standard InChI is InChI=1S/C40H56N4O10/c1-38-16-26-17-39(2,21-38)23-40(18-26,22-38)44-37(48)53-20-29(41)34(45)42-10-11-43-36(47)54-31-9-7-25(15-33(31)51-5)13-28-27(19-52-35(28)46)12-24-6-8-30(49-3)32(14-24)50-4/h6-9,14-15,26-29,35,46H,10-13,16-23,41H2,1-5H3,(H,42,45)(H,43,47)(H,44,48)/t26?,27-,28+,29-,35?,38?,39?,40?/m0/s1. The number of benzene rings is 2. The molecular weight excluding hydrogens is 696 g/mol. The Kier molecular flexibility index (Phi) is 11.8. The van der Waals surface area contributed by atoms with Crippen molar-refractivity contribution in [2.45, 2.75) is 83.1 Å². The zero-order valence-electron chi connectivity index (χ0n) is 32.0. The van der Waals surface area contributed by atoms with Crippen molar-refractivity contribution >= 4 is 18.1 Å². The van der Waals surface area contributed by atoms with Gasteiger partial charge in [0.05, 0.1) is 27.9 Å². The van der Waals surface area contributed by atoms with Crippen LogP contribution in [-0.2, 0) is 27.1 Å². The fourth-order valence-corrected chi connectivity index (χ4v) is 10.4. The molecule has 14 heteroatoms. The van der Waals surface area contributed by atoms with E-state index in [9.17, 15) is 19.5 Å². The third-order valence-electron chi connectivity index (χ3n) is 11.7. The molecule has 5 fully saturated rings. The number of nitrogens with two attached hydrogens (primary N) is 1. The average molecular weight is 753 g/mol. The van der Waals surface area contributed by atoms with Gasteiger partial charge in [-0.15, -0.1) is 0 Å². The largest absolute Gasteiger partial charge is 0.493 e. The monoisotopic (exact) mass is 752 g/mol. The van der Waals surface area contributed by atoms with E-state index in [0.717, 1.165) is 30.4 Å². The van der Waals surface area contributed by atoms with E-state index in [2.05, 4.69) is 29.8 Å². The summed E-state index contributed by atoms with van der Waals surface area (Å²) in [5.74, 6) is 1.84. The van der Waals surface area contributed by atoms with Gasteiger partial charge < -0.3 is 55.2 Å². The van der Waals surface area contributed by atoms with E-state index in [0.29, 0.717) is 42.6 Å². The summed E-state index contributed by atoms with van der Waals surface area (Å²) in [6.07, 6.45) is 5.50. The van der Waals surface area contributed by atoms with Crippen LogP contribution in [0.5, 0.6) is 23.0 Å². The Bertz CT molecular complexity index is 1670. The summed E-state index contributed by atoms with van der Waals surface area (Å²) in [7, 11) is 4.67. The number of aliphatic hydroxyl groups excluding tert-OH is 1. The van der Waals surface area contributed by atoms with Crippen molar-refractivity contribution in [3.8, 4) is 23.0 Å². The predicted molar refractivity (Wildman–Crippen MR) is 199 cm³/mol. The highest BCUT2D eigenvalue weighted by molar-refractivity contribution is 5.82. The molecule has 6 atom stereocenters. The minimum Gasteiger partial charge on any atom is -0.493 e. The lowest BCUT2D eigenvalue weighted by Gasteiger charge is -2.65. The maximum absolute atomic E-state index is 12.8.